The minimum Gasteiger partial charge on any atom is -0.497 e. The number of nitrogens with zero attached hydrogens (tertiary/aromatic N) is 1. The number of amides is 1. The number of methoxy groups -OCH3 is 1. The van der Waals surface area contributed by atoms with Crippen molar-refractivity contribution in [3.05, 3.63) is 59.7 Å². The van der Waals surface area contributed by atoms with Gasteiger partial charge in [-0.1, -0.05) is 19.1 Å². The Labute approximate surface area is 167 Å². The monoisotopic (exact) mass is 405 g/mol. The first-order valence-electron chi connectivity index (χ1n) is 9.25. The van der Waals surface area contributed by atoms with Gasteiger partial charge in [-0.25, -0.2) is 0 Å². The minimum atomic E-state index is -3.56. The van der Waals surface area contributed by atoms with Gasteiger partial charge in [-0.05, 0) is 62.2 Å². The van der Waals surface area contributed by atoms with E-state index in [2.05, 4.69) is 0 Å². The van der Waals surface area contributed by atoms with Gasteiger partial charge in [0.1, 0.15) is 11.5 Å². The molecular formula is C21H27NO5S. The third-order valence-electron chi connectivity index (χ3n) is 4.57. The number of hydrogen-bond acceptors (Lipinski definition) is 5. The zero-order valence-electron chi connectivity index (χ0n) is 16.7. The van der Waals surface area contributed by atoms with E-state index in [4.69, 9.17) is 8.92 Å². The van der Waals surface area contributed by atoms with Gasteiger partial charge in [0, 0.05) is 18.2 Å². The first-order valence-corrected chi connectivity index (χ1v) is 10.8. The molecule has 6 nitrogen and oxygen atoms in total. The van der Waals surface area contributed by atoms with Gasteiger partial charge in [0.15, 0.2) is 0 Å². The second-order valence-electron chi connectivity index (χ2n) is 6.49. The summed E-state index contributed by atoms with van der Waals surface area (Å²) in [7, 11) is -1.97. The van der Waals surface area contributed by atoms with Crippen LogP contribution in [0.2, 0.25) is 0 Å². The molecule has 0 fully saturated rings. The lowest BCUT2D eigenvalue weighted by Gasteiger charge is -2.29. The van der Waals surface area contributed by atoms with Crippen LogP contribution in [0.4, 0.5) is 0 Å². The first-order chi connectivity index (χ1) is 13.3. The normalized spacial score (nSPS) is 12.3. The van der Waals surface area contributed by atoms with E-state index in [1.807, 2.05) is 13.8 Å². The topological polar surface area (TPSA) is 72.9 Å². The zero-order valence-corrected chi connectivity index (χ0v) is 17.5. The van der Waals surface area contributed by atoms with Crippen molar-refractivity contribution in [1.82, 2.24) is 4.90 Å². The summed E-state index contributed by atoms with van der Waals surface area (Å²) in [6.07, 6.45) is 0.817. The molecule has 0 aromatic heterocycles. The predicted octanol–water partition coefficient (Wildman–Crippen LogP) is 3.86. The van der Waals surface area contributed by atoms with E-state index in [9.17, 15) is 13.2 Å². The molecule has 0 bridgehead atoms. The van der Waals surface area contributed by atoms with Crippen LogP contribution in [0.1, 0.15) is 43.1 Å². The fourth-order valence-corrected chi connectivity index (χ4v) is 3.12. The van der Waals surface area contributed by atoms with Crippen LogP contribution in [0.25, 0.3) is 0 Å². The van der Waals surface area contributed by atoms with Crippen molar-refractivity contribution < 1.29 is 22.1 Å². The largest absolute Gasteiger partial charge is 0.497 e. The van der Waals surface area contributed by atoms with Crippen molar-refractivity contribution in [2.45, 2.75) is 39.8 Å². The molecule has 0 saturated heterocycles. The van der Waals surface area contributed by atoms with Gasteiger partial charge in [-0.15, -0.1) is 0 Å². The highest BCUT2D eigenvalue weighted by Gasteiger charge is 2.21. The quantitative estimate of drug-likeness (QED) is 0.592. The molecule has 2 aromatic rings. The number of carbonyl (C=O) groups is 1. The van der Waals surface area contributed by atoms with Gasteiger partial charge in [0.25, 0.3) is 5.91 Å². The van der Waals surface area contributed by atoms with Crippen molar-refractivity contribution >= 4 is 16.0 Å². The Bertz CT molecular complexity index is 876. The number of rotatable bonds is 9. The zero-order chi connectivity index (χ0) is 20.7. The van der Waals surface area contributed by atoms with E-state index in [1.165, 1.54) is 6.92 Å². The average molecular weight is 406 g/mol. The van der Waals surface area contributed by atoms with Crippen LogP contribution in [0.15, 0.2) is 48.5 Å². The molecule has 7 heteroatoms. The van der Waals surface area contributed by atoms with Crippen LogP contribution in [-0.4, -0.2) is 38.1 Å². The van der Waals surface area contributed by atoms with E-state index < -0.39 is 10.1 Å². The van der Waals surface area contributed by atoms with E-state index in [0.717, 1.165) is 12.0 Å². The summed E-state index contributed by atoms with van der Waals surface area (Å²) in [5, 5.41) is 0. The third-order valence-corrected chi connectivity index (χ3v) is 5.73. The maximum atomic E-state index is 13.0. The fourth-order valence-electron chi connectivity index (χ4n) is 2.60. The summed E-state index contributed by atoms with van der Waals surface area (Å²) in [6.45, 7) is 5.98. The van der Waals surface area contributed by atoms with Gasteiger partial charge >= 0.3 is 10.1 Å². The Hall–Kier alpha value is -2.54. The lowest BCUT2D eigenvalue weighted by Crippen LogP contribution is -2.37. The second kappa shape index (κ2) is 9.59. The van der Waals surface area contributed by atoms with Gasteiger partial charge in [0.2, 0.25) is 0 Å². The van der Waals surface area contributed by atoms with E-state index >= 15 is 0 Å². The highest BCUT2D eigenvalue weighted by Crippen LogP contribution is 2.20. The molecule has 0 unspecified atom stereocenters. The van der Waals surface area contributed by atoms with Crippen molar-refractivity contribution in [1.29, 1.82) is 0 Å². The van der Waals surface area contributed by atoms with Crippen LogP contribution >= 0.6 is 0 Å². The molecule has 1 amide bonds. The molecule has 0 N–H and O–H groups in total. The van der Waals surface area contributed by atoms with E-state index in [1.54, 1.807) is 60.5 Å². The number of carbonyl (C=O) groups excluding carboxylic acids is 1. The summed E-state index contributed by atoms with van der Waals surface area (Å²) < 4.78 is 33.3. The molecule has 2 aromatic carbocycles. The maximum absolute atomic E-state index is 13.0. The van der Waals surface area contributed by atoms with E-state index in [-0.39, 0.29) is 23.5 Å². The minimum absolute atomic E-state index is 0.0472. The van der Waals surface area contributed by atoms with Crippen LogP contribution in [0.5, 0.6) is 11.5 Å². The molecule has 1 atom stereocenters. The SMILES string of the molecule is CC[C@H](C)N(Cc1ccc(OS(=O)(=O)CC)cc1)C(=O)c1ccc(OC)cc1. The maximum Gasteiger partial charge on any atom is 0.308 e. The summed E-state index contributed by atoms with van der Waals surface area (Å²) in [5.74, 6) is 0.810. The number of ether oxygens (including phenoxy) is 1. The van der Waals surface area contributed by atoms with Crippen molar-refractivity contribution in [2.75, 3.05) is 12.9 Å². The highest BCUT2D eigenvalue weighted by molar-refractivity contribution is 7.87. The summed E-state index contributed by atoms with van der Waals surface area (Å²) in [5.41, 5.74) is 1.48. The Kier molecular flexibility index (Phi) is 7.45. The smallest absolute Gasteiger partial charge is 0.308 e. The highest BCUT2D eigenvalue weighted by atomic mass is 32.2. The van der Waals surface area contributed by atoms with Crippen LogP contribution in [0, 0.1) is 0 Å². The van der Waals surface area contributed by atoms with Gasteiger partial charge in [0.05, 0.1) is 12.9 Å². The molecule has 28 heavy (non-hydrogen) atoms. The van der Waals surface area contributed by atoms with E-state index in [0.29, 0.717) is 17.9 Å². The third kappa shape index (κ3) is 5.73. The Morgan fingerprint density at radius 3 is 2.07 bits per heavy atom. The summed E-state index contributed by atoms with van der Waals surface area (Å²) in [6, 6.07) is 13.8. The molecule has 0 spiro atoms. The van der Waals surface area contributed by atoms with Gasteiger partial charge in [-0.2, -0.15) is 8.42 Å². The first kappa shape index (κ1) is 21.8. The lowest BCUT2D eigenvalue weighted by molar-refractivity contribution is 0.0671. The summed E-state index contributed by atoms with van der Waals surface area (Å²) >= 11 is 0. The van der Waals surface area contributed by atoms with Crippen molar-refractivity contribution in [3.63, 3.8) is 0 Å². The molecule has 152 valence electrons. The Morgan fingerprint density at radius 1 is 1.00 bits per heavy atom. The second-order valence-corrected chi connectivity index (χ2v) is 8.35. The Morgan fingerprint density at radius 2 is 1.57 bits per heavy atom. The molecule has 0 aliphatic heterocycles. The van der Waals surface area contributed by atoms with Crippen molar-refractivity contribution in [2.24, 2.45) is 0 Å². The summed E-state index contributed by atoms with van der Waals surface area (Å²) in [4.78, 5) is 14.8. The fraction of sp³-hybridized carbons (Fsp3) is 0.381. The molecule has 0 heterocycles. The average Bonchev–Trinajstić information content (AvgIpc) is 2.72. The molecular weight excluding hydrogens is 378 g/mol. The molecule has 0 saturated carbocycles. The van der Waals surface area contributed by atoms with Crippen LogP contribution in [-0.2, 0) is 16.7 Å². The predicted molar refractivity (Wildman–Crippen MR) is 109 cm³/mol. The van der Waals surface area contributed by atoms with Crippen LogP contribution < -0.4 is 8.92 Å². The molecule has 0 radical (unpaired) electrons. The standard InChI is InChI=1S/C21H27NO5S/c1-5-16(3)22(21(23)18-9-13-19(26-4)14-10-18)15-17-7-11-20(12-8-17)27-28(24,25)6-2/h7-14,16H,5-6,15H2,1-4H3/t16-/m0/s1. The molecule has 0 aliphatic rings. The lowest BCUT2D eigenvalue weighted by atomic mass is 10.1. The van der Waals surface area contributed by atoms with Crippen molar-refractivity contribution in [3.8, 4) is 11.5 Å². The van der Waals surface area contributed by atoms with Crippen LogP contribution in [0.3, 0.4) is 0 Å². The van der Waals surface area contributed by atoms with Gasteiger partial charge < -0.3 is 13.8 Å². The Balaban J connectivity index is 2.18. The van der Waals surface area contributed by atoms with Gasteiger partial charge in [-0.3, -0.25) is 4.79 Å². The number of benzene rings is 2. The molecule has 0 aliphatic carbocycles. The molecule has 2 rings (SSSR count). The number of hydrogen-bond donors (Lipinski definition) is 0.